The van der Waals surface area contributed by atoms with E-state index < -0.39 is 11.6 Å². The highest BCUT2D eigenvalue weighted by molar-refractivity contribution is 5.82. The van der Waals surface area contributed by atoms with Crippen LogP contribution in [0.5, 0.6) is 0 Å². The number of hydrogen-bond acceptors (Lipinski definition) is 3. The normalized spacial score (nSPS) is 22.9. The number of ether oxygens (including phenoxy) is 1. The number of carboxylic acid groups (broad SMARTS) is 1. The largest absolute Gasteiger partial charge is 0.481 e. The zero-order valence-corrected chi connectivity index (χ0v) is 9.89. The molecule has 18 heavy (non-hydrogen) atoms. The minimum absolute atomic E-state index is 0.111. The maximum absolute atomic E-state index is 10.7. The third-order valence-electron chi connectivity index (χ3n) is 3.60. The third-order valence-corrected chi connectivity index (χ3v) is 3.60. The Hall–Kier alpha value is -1.81. The molecule has 1 atom stereocenters. The maximum atomic E-state index is 10.7. The third kappa shape index (κ3) is 1.69. The summed E-state index contributed by atoms with van der Waals surface area (Å²) in [6.07, 6.45) is 3.15. The van der Waals surface area contributed by atoms with Crippen LogP contribution in [0.3, 0.4) is 0 Å². The van der Waals surface area contributed by atoms with Crippen LogP contribution in [0.4, 0.5) is 0 Å². The fourth-order valence-electron chi connectivity index (χ4n) is 2.53. The second-order valence-electron chi connectivity index (χ2n) is 4.63. The van der Waals surface area contributed by atoms with Crippen molar-refractivity contribution in [2.75, 3.05) is 6.61 Å². The monoisotopic (exact) mass is 246 g/mol. The first-order valence-corrected chi connectivity index (χ1v) is 6.04. The number of hydrogen-bond donors (Lipinski definition) is 1. The number of benzene rings is 1. The molecule has 94 valence electrons. The SMILES string of the molecule is O=C(O)CCC1(c2coc3ccccc23)CCO1. The molecule has 4 nitrogen and oxygen atoms in total. The predicted molar refractivity (Wildman–Crippen MR) is 65.3 cm³/mol. The Bertz CT molecular complexity index is 580. The van der Waals surface area contributed by atoms with E-state index in [0.717, 1.165) is 23.0 Å². The quantitative estimate of drug-likeness (QED) is 0.901. The van der Waals surface area contributed by atoms with E-state index in [1.807, 2.05) is 24.3 Å². The number of furan rings is 1. The van der Waals surface area contributed by atoms with Gasteiger partial charge in [0.2, 0.25) is 0 Å². The molecule has 1 saturated heterocycles. The number of rotatable bonds is 4. The van der Waals surface area contributed by atoms with Gasteiger partial charge in [0.1, 0.15) is 5.58 Å². The second-order valence-corrected chi connectivity index (χ2v) is 4.63. The molecule has 1 unspecified atom stereocenters. The lowest BCUT2D eigenvalue weighted by Crippen LogP contribution is -2.41. The number of fused-ring (bicyclic) bond motifs is 1. The van der Waals surface area contributed by atoms with Crippen molar-refractivity contribution in [1.82, 2.24) is 0 Å². The summed E-state index contributed by atoms with van der Waals surface area (Å²) in [6, 6.07) is 7.76. The van der Waals surface area contributed by atoms with Crippen LogP contribution >= 0.6 is 0 Å². The Balaban J connectivity index is 1.98. The van der Waals surface area contributed by atoms with Crippen LogP contribution in [0.15, 0.2) is 34.9 Å². The molecule has 1 aliphatic rings. The van der Waals surface area contributed by atoms with Crippen LogP contribution in [-0.2, 0) is 15.1 Å². The minimum atomic E-state index is -0.794. The van der Waals surface area contributed by atoms with Crippen molar-refractivity contribution in [3.8, 4) is 0 Å². The fourth-order valence-corrected chi connectivity index (χ4v) is 2.53. The van der Waals surface area contributed by atoms with Crippen LogP contribution in [0, 0.1) is 0 Å². The fraction of sp³-hybridized carbons (Fsp3) is 0.357. The Labute approximate surface area is 104 Å². The van der Waals surface area contributed by atoms with Gasteiger partial charge in [-0.2, -0.15) is 0 Å². The lowest BCUT2D eigenvalue weighted by molar-refractivity contribution is -0.165. The van der Waals surface area contributed by atoms with Gasteiger partial charge in [-0.3, -0.25) is 4.79 Å². The second kappa shape index (κ2) is 4.14. The molecule has 1 fully saturated rings. The summed E-state index contributed by atoms with van der Waals surface area (Å²) < 4.78 is 11.2. The van der Waals surface area contributed by atoms with Crippen LogP contribution in [0.1, 0.15) is 24.8 Å². The van der Waals surface area contributed by atoms with Crippen LogP contribution in [0.2, 0.25) is 0 Å². The van der Waals surface area contributed by atoms with Gasteiger partial charge in [0.05, 0.1) is 18.5 Å². The summed E-state index contributed by atoms with van der Waals surface area (Å²) in [5.41, 5.74) is 1.33. The number of carboxylic acids is 1. The van der Waals surface area contributed by atoms with E-state index in [-0.39, 0.29) is 6.42 Å². The maximum Gasteiger partial charge on any atom is 0.303 e. The van der Waals surface area contributed by atoms with Crippen molar-refractivity contribution < 1.29 is 19.1 Å². The predicted octanol–water partition coefficient (Wildman–Crippen LogP) is 2.91. The molecule has 1 aromatic heterocycles. The standard InChI is InChI=1S/C14H14O4/c15-13(16)5-6-14(7-8-18-14)11-9-17-12-4-2-1-3-10(11)12/h1-4,9H,5-8H2,(H,15,16). The van der Waals surface area contributed by atoms with Gasteiger partial charge in [-0.25, -0.2) is 0 Å². The first-order chi connectivity index (χ1) is 8.71. The Morgan fingerprint density at radius 2 is 2.17 bits per heavy atom. The van der Waals surface area contributed by atoms with Crippen molar-refractivity contribution in [2.24, 2.45) is 0 Å². The molecule has 0 radical (unpaired) electrons. The molecule has 1 N–H and O–H groups in total. The zero-order valence-electron chi connectivity index (χ0n) is 9.89. The first kappa shape index (κ1) is 11.3. The van der Waals surface area contributed by atoms with E-state index in [4.69, 9.17) is 14.3 Å². The van der Waals surface area contributed by atoms with Crippen LogP contribution in [-0.4, -0.2) is 17.7 Å². The van der Waals surface area contributed by atoms with Gasteiger partial charge < -0.3 is 14.3 Å². The Kier molecular flexibility index (Phi) is 2.59. The van der Waals surface area contributed by atoms with Gasteiger partial charge in [-0.1, -0.05) is 18.2 Å². The molecule has 3 rings (SSSR count). The number of aliphatic carboxylic acids is 1. The van der Waals surface area contributed by atoms with Gasteiger partial charge in [0.25, 0.3) is 0 Å². The van der Waals surface area contributed by atoms with Gasteiger partial charge in [-0.15, -0.1) is 0 Å². The average molecular weight is 246 g/mol. The molecular weight excluding hydrogens is 232 g/mol. The van der Waals surface area contributed by atoms with Gasteiger partial charge in [0, 0.05) is 23.8 Å². The minimum Gasteiger partial charge on any atom is -0.481 e. The molecule has 1 aromatic carbocycles. The van der Waals surface area contributed by atoms with Crippen molar-refractivity contribution >= 4 is 16.9 Å². The number of para-hydroxylation sites is 1. The van der Waals surface area contributed by atoms with Crippen molar-refractivity contribution in [3.05, 3.63) is 36.1 Å². The average Bonchev–Trinajstić information content (AvgIpc) is 2.72. The lowest BCUT2D eigenvalue weighted by Gasteiger charge is -2.41. The zero-order chi connectivity index (χ0) is 12.6. The molecule has 2 heterocycles. The van der Waals surface area contributed by atoms with Crippen molar-refractivity contribution in [2.45, 2.75) is 24.9 Å². The topological polar surface area (TPSA) is 59.7 Å². The van der Waals surface area contributed by atoms with Crippen LogP contribution in [0.25, 0.3) is 11.0 Å². The molecule has 0 amide bonds. The van der Waals surface area contributed by atoms with E-state index in [0.29, 0.717) is 13.0 Å². The molecule has 0 saturated carbocycles. The molecular formula is C14H14O4. The smallest absolute Gasteiger partial charge is 0.303 e. The Morgan fingerprint density at radius 1 is 1.39 bits per heavy atom. The van der Waals surface area contributed by atoms with E-state index in [1.54, 1.807) is 6.26 Å². The molecule has 1 aliphatic heterocycles. The lowest BCUT2D eigenvalue weighted by atomic mass is 9.82. The molecule has 4 heteroatoms. The van der Waals surface area contributed by atoms with Gasteiger partial charge in [0.15, 0.2) is 0 Å². The highest BCUT2D eigenvalue weighted by atomic mass is 16.5. The summed E-state index contributed by atoms with van der Waals surface area (Å²) in [4.78, 5) is 10.7. The molecule has 2 aromatic rings. The van der Waals surface area contributed by atoms with Crippen molar-refractivity contribution in [3.63, 3.8) is 0 Å². The molecule has 0 spiro atoms. The van der Waals surface area contributed by atoms with Crippen LogP contribution < -0.4 is 0 Å². The number of carbonyl (C=O) groups is 1. The van der Waals surface area contributed by atoms with E-state index >= 15 is 0 Å². The highest BCUT2D eigenvalue weighted by Gasteiger charge is 2.42. The summed E-state index contributed by atoms with van der Waals surface area (Å²) in [7, 11) is 0. The highest BCUT2D eigenvalue weighted by Crippen LogP contribution is 2.44. The summed E-state index contributed by atoms with van der Waals surface area (Å²) >= 11 is 0. The van der Waals surface area contributed by atoms with E-state index in [1.165, 1.54) is 0 Å². The summed E-state index contributed by atoms with van der Waals surface area (Å²) in [5.74, 6) is -0.794. The summed E-state index contributed by atoms with van der Waals surface area (Å²) in [6.45, 7) is 0.680. The molecule has 0 bridgehead atoms. The van der Waals surface area contributed by atoms with Gasteiger partial charge in [-0.05, 0) is 12.5 Å². The van der Waals surface area contributed by atoms with E-state index in [2.05, 4.69) is 0 Å². The summed E-state index contributed by atoms with van der Waals surface area (Å²) in [5, 5.41) is 9.84. The molecule has 0 aliphatic carbocycles. The Morgan fingerprint density at radius 3 is 2.83 bits per heavy atom. The first-order valence-electron chi connectivity index (χ1n) is 6.04. The van der Waals surface area contributed by atoms with Gasteiger partial charge >= 0.3 is 5.97 Å². The van der Waals surface area contributed by atoms with E-state index in [9.17, 15) is 4.79 Å². The van der Waals surface area contributed by atoms with Crippen molar-refractivity contribution in [1.29, 1.82) is 0 Å².